The Balaban J connectivity index is 2.07. The Labute approximate surface area is 148 Å². The van der Waals surface area contributed by atoms with Crippen LogP contribution in [-0.4, -0.2) is 38.8 Å². The molecule has 0 unspecified atom stereocenters. The van der Waals surface area contributed by atoms with E-state index in [0.29, 0.717) is 25.1 Å². The van der Waals surface area contributed by atoms with Gasteiger partial charge in [-0.25, -0.2) is 0 Å². The van der Waals surface area contributed by atoms with Gasteiger partial charge in [0.15, 0.2) is 5.78 Å². The molecule has 1 aromatic carbocycles. The van der Waals surface area contributed by atoms with Crippen molar-refractivity contribution in [1.29, 1.82) is 0 Å². The van der Waals surface area contributed by atoms with Crippen LogP contribution in [0.1, 0.15) is 19.8 Å². The van der Waals surface area contributed by atoms with Gasteiger partial charge < -0.3 is 19.5 Å². The van der Waals surface area contributed by atoms with Crippen molar-refractivity contribution >= 4 is 17.4 Å². The SMILES string of the molecule is CCOc1ccc(NC(=O)[C@H]2CC=CC[C@H]2C(=O)C(OC)OC)cc1. The van der Waals surface area contributed by atoms with Gasteiger partial charge in [-0.2, -0.15) is 0 Å². The quantitative estimate of drug-likeness (QED) is 0.578. The van der Waals surface area contributed by atoms with E-state index in [4.69, 9.17) is 14.2 Å². The van der Waals surface area contributed by atoms with Gasteiger partial charge in [0.1, 0.15) is 5.75 Å². The number of carbonyl (C=O) groups excluding carboxylic acids is 2. The number of benzene rings is 1. The lowest BCUT2D eigenvalue weighted by molar-refractivity contribution is -0.163. The highest BCUT2D eigenvalue weighted by atomic mass is 16.7. The minimum Gasteiger partial charge on any atom is -0.494 e. The number of rotatable bonds is 8. The summed E-state index contributed by atoms with van der Waals surface area (Å²) in [5.74, 6) is -0.550. The molecule has 0 spiro atoms. The molecule has 0 saturated heterocycles. The minimum absolute atomic E-state index is 0.183. The van der Waals surface area contributed by atoms with Gasteiger partial charge in [0.25, 0.3) is 0 Å². The standard InChI is InChI=1S/C19H25NO5/c1-4-25-14-11-9-13(10-12-14)20-18(22)16-8-6-5-7-15(16)17(21)19(23-2)24-3/h5-6,9-12,15-16,19H,4,7-8H2,1-3H3,(H,20,22)/t15-,16+/m1/s1. The third-order valence-corrected chi connectivity index (χ3v) is 4.23. The number of anilines is 1. The van der Waals surface area contributed by atoms with Crippen LogP contribution in [0.2, 0.25) is 0 Å². The van der Waals surface area contributed by atoms with E-state index in [1.165, 1.54) is 14.2 Å². The number of ether oxygens (including phenoxy) is 3. The van der Waals surface area contributed by atoms with Crippen molar-refractivity contribution in [2.75, 3.05) is 26.1 Å². The first-order chi connectivity index (χ1) is 12.1. The Bertz CT molecular complexity index is 607. The molecule has 136 valence electrons. The number of carbonyl (C=O) groups is 2. The number of hydrogen-bond acceptors (Lipinski definition) is 5. The van der Waals surface area contributed by atoms with Crippen LogP contribution in [0, 0.1) is 11.8 Å². The Morgan fingerprint density at radius 1 is 1.08 bits per heavy atom. The van der Waals surface area contributed by atoms with E-state index < -0.39 is 18.1 Å². The monoisotopic (exact) mass is 347 g/mol. The molecule has 2 atom stereocenters. The molecule has 1 N–H and O–H groups in total. The van der Waals surface area contributed by atoms with Crippen molar-refractivity contribution in [2.24, 2.45) is 11.8 Å². The average Bonchev–Trinajstić information content (AvgIpc) is 2.64. The van der Waals surface area contributed by atoms with Gasteiger partial charge in [-0.3, -0.25) is 9.59 Å². The Kier molecular flexibility index (Phi) is 7.16. The van der Waals surface area contributed by atoms with Gasteiger partial charge in [0.2, 0.25) is 12.2 Å². The van der Waals surface area contributed by atoms with Crippen LogP contribution in [0.5, 0.6) is 5.75 Å². The number of ketones is 1. The van der Waals surface area contributed by atoms with Gasteiger partial charge in [-0.1, -0.05) is 12.2 Å². The molecule has 6 nitrogen and oxygen atoms in total. The molecule has 6 heteroatoms. The fourth-order valence-corrected chi connectivity index (χ4v) is 2.96. The summed E-state index contributed by atoms with van der Waals surface area (Å²) >= 11 is 0. The predicted octanol–water partition coefficient (Wildman–Crippen LogP) is 2.79. The number of nitrogens with one attached hydrogen (secondary N) is 1. The molecule has 0 aromatic heterocycles. The summed E-state index contributed by atoms with van der Waals surface area (Å²) in [7, 11) is 2.83. The summed E-state index contributed by atoms with van der Waals surface area (Å²) in [6.45, 7) is 2.50. The first-order valence-electron chi connectivity index (χ1n) is 8.38. The van der Waals surface area contributed by atoms with Crippen LogP contribution >= 0.6 is 0 Å². The van der Waals surface area contributed by atoms with E-state index in [9.17, 15) is 9.59 Å². The third kappa shape index (κ3) is 4.90. The molecular formula is C19H25NO5. The predicted molar refractivity (Wildman–Crippen MR) is 94.4 cm³/mol. The number of hydrogen-bond donors (Lipinski definition) is 1. The number of allylic oxidation sites excluding steroid dienone is 2. The fraction of sp³-hybridized carbons (Fsp3) is 0.474. The van der Waals surface area contributed by atoms with Crippen LogP contribution in [0.3, 0.4) is 0 Å². The van der Waals surface area contributed by atoms with Crippen LogP contribution in [0.15, 0.2) is 36.4 Å². The highest BCUT2D eigenvalue weighted by molar-refractivity contribution is 5.97. The van der Waals surface area contributed by atoms with Gasteiger partial charge in [-0.15, -0.1) is 0 Å². The topological polar surface area (TPSA) is 73.9 Å². The van der Waals surface area contributed by atoms with Crippen molar-refractivity contribution in [3.8, 4) is 5.75 Å². The maximum absolute atomic E-state index is 12.7. The summed E-state index contributed by atoms with van der Waals surface area (Å²) in [5.41, 5.74) is 0.671. The maximum atomic E-state index is 12.7. The van der Waals surface area contributed by atoms with Crippen LogP contribution in [-0.2, 0) is 19.1 Å². The number of methoxy groups -OCH3 is 2. The zero-order valence-electron chi connectivity index (χ0n) is 14.9. The zero-order valence-corrected chi connectivity index (χ0v) is 14.9. The van der Waals surface area contributed by atoms with Crippen LogP contribution in [0.4, 0.5) is 5.69 Å². The smallest absolute Gasteiger partial charge is 0.228 e. The summed E-state index contributed by atoms with van der Waals surface area (Å²) in [6.07, 6.45) is 3.92. The number of Topliss-reactive ketones (excluding diaryl/α,β-unsaturated/α-hetero) is 1. The molecule has 1 amide bonds. The molecule has 0 heterocycles. The molecule has 1 aliphatic carbocycles. The van der Waals surface area contributed by atoms with E-state index in [1.54, 1.807) is 24.3 Å². The highest BCUT2D eigenvalue weighted by Gasteiger charge is 2.37. The summed E-state index contributed by atoms with van der Waals surface area (Å²) in [5, 5.41) is 2.88. The summed E-state index contributed by atoms with van der Waals surface area (Å²) < 4.78 is 15.5. The molecule has 0 saturated carbocycles. The van der Waals surface area contributed by atoms with Crippen molar-refractivity contribution in [3.05, 3.63) is 36.4 Å². The molecule has 2 rings (SSSR count). The largest absolute Gasteiger partial charge is 0.494 e. The maximum Gasteiger partial charge on any atom is 0.228 e. The Morgan fingerprint density at radius 2 is 1.68 bits per heavy atom. The normalized spacial score (nSPS) is 19.7. The zero-order chi connectivity index (χ0) is 18.2. The van der Waals surface area contributed by atoms with Crippen molar-refractivity contribution in [1.82, 2.24) is 0 Å². The van der Waals surface area contributed by atoms with Crippen molar-refractivity contribution in [3.63, 3.8) is 0 Å². The van der Waals surface area contributed by atoms with Gasteiger partial charge >= 0.3 is 0 Å². The second-order valence-electron chi connectivity index (χ2n) is 5.81. The lowest BCUT2D eigenvalue weighted by Crippen LogP contribution is -2.40. The summed E-state index contributed by atoms with van der Waals surface area (Å²) in [4.78, 5) is 25.2. The second-order valence-corrected chi connectivity index (χ2v) is 5.81. The molecule has 0 radical (unpaired) electrons. The molecule has 1 aliphatic rings. The van der Waals surface area contributed by atoms with Gasteiger partial charge in [-0.05, 0) is 44.0 Å². The molecule has 0 aliphatic heterocycles. The van der Waals surface area contributed by atoms with Crippen molar-refractivity contribution < 1.29 is 23.8 Å². The van der Waals surface area contributed by atoms with E-state index >= 15 is 0 Å². The lowest BCUT2D eigenvalue weighted by Gasteiger charge is -2.28. The highest BCUT2D eigenvalue weighted by Crippen LogP contribution is 2.29. The lowest BCUT2D eigenvalue weighted by atomic mass is 9.79. The first-order valence-corrected chi connectivity index (χ1v) is 8.38. The fourth-order valence-electron chi connectivity index (χ4n) is 2.96. The van der Waals surface area contributed by atoms with Gasteiger partial charge in [0, 0.05) is 25.8 Å². The average molecular weight is 347 g/mol. The van der Waals surface area contributed by atoms with Crippen molar-refractivity contribution in [2.45, 2.75) is 26.1 Å². The first kappa shape index (κ1) is 19.1. The second kappa shape index (κ2) is 9.34. The molecular weight excluding hydrogens is 322 g/mol. The Morgan fingerprint density at radius 3 is 2.24 bits per heavy atom. The van der Waals surface area contributed by atoms with E-state index in [-0.39, 0.29) is 11.7 Å². The minimum atomic E-state index is -0.947. The molecule has 1 aromatic rings. The molecule has 25 heavy (non-hydrogen) atoms. The Hall–Kier alpha value is -2.18. The van der Waals surface area contributed by atoms with Crippen LogP contribution in [0.25, 0.3) is 0 Å². The number of amides is 1. The van der Waals surface area contributed by atoms with E-state index in [2.05, 4.69) is 5.32 Å². The van der Waals surface area contributed by atoms with Crippen LogP contribution < -0.4 is 10.1 Å². The molecule has 0 bridgehead atoms. The third-order valence-electron chi connectivity index (χ3n) is 4.23. The molecule has 0 fully saturated rings. The van der Waals surface area contributed by atoms with E-state index in [0.717, 1.165) is 5.75 Å². The summed E-state index contributed by atoms with van der Waals surface area (Å²) in [6, 6.07) is 7.17. The van der Waals surface area contributed by atoms with E-state index in [1.807, 2.05) is 19.1 Å². The van der Waals surface area contributed by atoms with Gasteiger partial charge in [0.05, 0.1) is 12.5 Å².